The van der Waals surface area contributed by atoms with Gasteiger partial charge in [-0.1, -0.05) is 18.2 Å². The van der Waals surface area contributed by atoms with Gasteiger partial charge < -0.3 is 25.3 Å². The average Bonchev–Trinajstić information content (AvgIpc) is 3.07. The highest BCUT2D eigenvalue weighted by molar-refractivity contribution is 6.02. The second-order valence-electron chi connectivity index (χ2n) is 6.25. The number of primary amides is 1. The molecule has 0 aliphatic carbocycles. The first kappa shape index (κ1) is 19.0. The number of para-hydroxylation sites is 2. The van der Waals surface area contributed by atoms with Gasteiger partial charge in [0.15, 0.2) is 28.7 Å². The minimum Gasteiger partial charge on any atom is -0.507 e. The second kappa shape index (κ2) is 7.24. The SMILES string of the molecule is COc1cccc(-n2c(=O)[nH]c3c(C(N)=O)nc(-c4ccccc4O)nc32)c1OC. The van der Waals surface area contributed by atoms with Crippen molar-refractivity contribution < 1.29 is 19.4 Å². The van der Waals surface area contributed by atoms with Crippen molar-refractivity contribution in [3.8, 4) is 34.3 Å². The molecule has 0 fully saturated rings. The summed E-state index contributed by atoms with van der Waals surface area (Å²) >= 11 is 0. The van der Waals surface area contributed by atoms with Gasteiger partial charge in [0.05, 0.1) is 25.5 Å². The van der Waals surface area contributed by atoms with E-state index in [1.165, 1.54) is 24.9 Å². The zero-order valence-corrected chi connectivity index (χ0v) is 16.0. The third-order valence-electron chi connectivity index (χ3n) is 4.54. The van der Waals surface area contributed by atoms with Crippen molar-refractivity contribution in [3.05, 3.63) is 58.6 Å². The Morgan fingerprint density at radius 2 is 1.87 bits per heavy atom. The van der Waals surface area contributed by atoms with E-state index in [4.69, 9.17) is 15.2 Å². The summed E-state index contributed by atoms with van der Waals surface area (Å²) in [4.78, 5) is 36.1. The van der Waals surface area contributed by atoms with Crippen molar-refractivity contribution in [1.82, 2.24) is 19.5 Å². The number of carbonyl (C=O) groups is 1. The molecular formula is C20H17N5O5. The van der Waals surface area contributed by atoms with Gasteiger partial charge in [0.25, 0.3) is 5.91 Å². The lowest BCUT2D eigenvalue weighted by Gasteiger charge is -2.13. The predicted molar refractivity (Wildman–Crippen MR) is 108 cm³/mol. The highest BCUT2D eigenvalue weighted by atomic mass is 16.5. The third-order valence-corrected chi connectivity index (χ3v) is 4.54. The summed E-state index contributed by atoms with van der Waals surface area (Å²) in [6, 6.07) is 11.4. The van der Waals surface area contributed by atoms with Crippen LogP contribution in [-0.2, 0) is 0 Å². The van der Waals surface area contributed by atoms with Gasteiger partial charge in [0.1, 0.15) is 11.3 Å². The summed E-state index contributed by atoms with van der Waals surface area (Å²) in [5, 5.41) is 10.2. The molecule has 1 amide bonds. The number of methoxy groups -OCH3 is 2. The van der Waals surface area contributed by atoms with Crippen molar-refractivity contribution in [2.45, 2.75) is 0 Å². The lowest BCUT2D eigenvalue weighted by atomic mass is 10.2. The van der Waals surface area contributed by atoms with E-state index in [0.717, 1.165) is 0 Å². The maximum Gasteiger partial charge on any atom is 0.332 e. The highest BCUT2D eigenvalue weighted by Crippen LogP contribution is 2.34. The molecule has 4 aromatic rings. The monoisotopic (exact) mass is 407 g/mol. The molecule has 0 aliphatic heterocycles. The number of ether oxygens (including phenoxy) is 2. The normalized spacial score (nSPS) is 10.9. The van der Waals surface area contributed by atoms with Crippen LogP contribution in [-0.4, -0.2) is 44.8 Å². The zero-order chi connectivity index (χ0) is 21.4. The molecule has 4 N–H and O–H groups in total. The maximum absolute atomic E-state index is 12.8. The number of fused-ring (bicyclic) bond motifs is 1. The van der Waals surface area contributed by atoms with Gasteiger partial charge in [0, 0.05) is 0 Å². The topological polar surface area (TPSA) is 145 Å². The number of benzene rings is 2. The van der Waals surface area contributed by atoms with Gasteiger partial charge in [-0.05, 0) is 24.3 Å². The van der Waals surface area contributed by atoms with E-state index < -0.39 is 11.6 Å². The summed E-state index contributed by atoms with van der Waals surface area (Å²) in [6.45, 7) is 0. The molecule has 2 aromatic carbocycles. The fourth-order valence-corrected chi connectivity index (χ4v) is 3.22. The Balaban J connectivity index is 2.11. The lowest BCUT2D eigenvalue weighted by Crippen LogP contribution is -2.16. The van der Waals surface area contributed by atoms with Crippen molar-refractivity contribution in [2.75, 3.05) is 14.2 Å². The zero-order valence-electron chi connectivity index (χ0n) is 16.0. The first-order valence-electron chi connectivity index (χ1n) is 8.78. The molecule has 0 aliphatic rings. The van der Waals surface area contributed by atoms with Crippen LogP contribution in [0.1, 0.15) is 10.5 Å². The molecule has 0 spiro atoms. The quantitative estimate of drug-likeness (QED) is 0.455. The van der Waals surface area contributed by atoms with Crippen LogP contribution in [0.3, 0.4) is 0 Å². The summed E-state index contributed by atoms with van der Waals surface area (Å²) in [7, 11) is 2.92. The molecule has 0 atom stereocenters. The molecular weight excluding hydrogens is 390 g/mol. The number of nitrogens with one attached hydrogen (secondary N) is 1. The van der Waals surface area contributed by atoms with E-state index in [-0.39, 0.29) is 34.0 Å². The van der Waals surface area contributed by atoms with Gasteiger partial charge in [-0.2, -0.15) is 0 Å². The predicted octanol–water partition coefficient (Wildman–Crippen LogP) is 1.60. The fourth-order valence-electron chi connectivity index (χ4n) is 3.22. The van der Waals surface area contributed by atoms with Crippen LogP contribution in [0.2, 0.25) is 0 Å². The van der Waals surface area contributed by atoms with Crippen LogP contribution < -0.4 is 20.9 Å². The molecule has 0 saturated carbocycles. The molecule has 10 heteroatoms. The summed E-state index contributed by atoms with van der Waals surface area (Å²) in [5.41, 5.74) is 5.51. The molecule has 10 nitrogen and oxygen atoms in total. The number of hydrogen-bond donors (Lipinski definition) is 3. The number of aromatic amines is 1. The van der Waals surface area contributed by atoms with Gasteiger partial charge in [-0.15, -0.1) is 0 Å². The molecule has 152 valence electrons. The summed E-state index contributed by atoms with van der Waals surface area (Å²) in [6.07, 6.45) is 0. The van der Waals surface area contributed by atoms with Crippen molar-refractivity contribution in [3.63, 3.8) is 0 Å². The van der Waals surface area contributed by atoms with Gasteiger partial charge in [0.2, 0.25) is 0 Å². The van der Waals surface area contributed by atoms with Gasteiger partial charge in [-0.3, -0.25) is 4.79 Å². The van der Waals surface area contributed by atoms with Crippen LogP contribution in [0.25, 0.3) is 28.2 Å². The average molecular weight is 407 g/mol. The number of nitrogens with zero attached hydrogens (tertiary/aromatic N) is 3. The minimum atomic E-state index is -0.856. The van der Waals surface area contributed by atoms with Crippen LogP contribution in [0.4, 0.5) is 0 Å². The van der Waals surface area contributed by atoms with E-state index in [2.05, 4.69) is 15.0 Å². The largest absolute Gasteiger partial charge is 0.507 e. The van der Waals surface area contributed by atoms with Gasteiger partial charge in [-0.25, -0.2) is 19.3 Å². The van der Waals surface area contributed by atoms with Crippen molar-refractivity contribution in [2.24, 2.45) is 5.73 Å². The maximum atomic E-state index is 12.8. The Kier molecular flexibility index (Phi) is 4.59. The molecule has 0 radical (unpaired) electrons. The summed E-state index contributed by atoms with van der Waals surface area (Å²) in [5.74, 6) is -0.211. The number of imidazole rings is 1. The molecule has 2 aromatic heterocycles. The number of phenolic OH excluding ortho intramolecular Hbond substituents is 1. The smallest absolute Gasteiger partial charge is 0.332 e. The third kappa shape index (κ3) is 2.91. The van der Waals surface area contributed by atoms with Crippen molar-refractivity contribution in [1.29, 1.82) is 0 Å². The Hall–Kier alpha value is -4.34. The Labute approximate surface area is 169 Å². The van der Waals surface area contributed by atoms with Crippen molar-refractivity contribution >= 4 is 17.1 Å². The standard InChI is InChI=1S/C20H17N5O5/c1-29-13-9-5-7-11(16(13)30-2)25-19-15(23-20(25)28)14(17(21)27)22-18(24-19)10-6-3-4-8-12(10)26/h3-9,26H,1-2H3,(H2,21,27)(H,23,28). The Morgan fingerprint density at radius 3 is 2.53 bits per heavy atom. The number of hydrogen-bond acceptors (Lipinski definition) is 7. The Bertz CT molecular complexity index is 1340. The number of aromatic nitrogens is 4. The fraction of sp³-hybridized carbons (Fsp3) is 0.100. The number of carbonyl (C=O) groups excluding carboxylic acids is 1. The molecule has 0 unspecified atom stereocenters. The second-order valence-corrected chi connectivity index (χ2v) is 6.25. The first-order valence-corrected chi connectivity index (χ1v) is 8.78. The Morgan fingerprint density at radius 1 is 1.10 bits per heavy atom. The number of H-pyrrole nitrogens is 1. The molecule has 2 heterocycles. The molecule has 0 saturated heterocycles. The minimum absolute atomic E-state index is 0.0315. The molecule has 4 rings (SSSR count). The highest BCUT2D eigenvalue weighted by Gasteiger charge is 2.23. The van der Waals surface area contributed by atoms with E-state index in [9.17, 15) is 14.7 Å². The van der Waals surface area contributed by atoms with E-state index in [1.54, 1.807) is 36.4 Å². The number of amides is 1. The number of phenols is 1. The van der Waals surface area contributed by atoms with Crippen LogP contribution >= 0.6 is 0 Å². The van der Waals surface area contributed by atoms with Crippen LogP contribution in [0, 0.1) is 0 Å². The number of aromatic hydroxyl groups is 1. The summed E-state index contributed by atoms with van der Waals surface area (Å²) < 4.78 is 12.0. The first-order chi connectivity index (χ1) is 14.5. The van der Waals surface area contributed by atoms with Crippen LogP contribution in [0.5, 0.6) is 17.2 Å². The van der Waals surface area contributed by atoms with E-state index in [1.807, 2.05) is 0 Å². The van der Waals surface area contributed by atoms with E-state index >= 15 is 0 Å². The molecule has 30 heavy (non-hydrogen) atoms. The molecule has 0 bridgehead atoms. The lowest BCUT2D eigenvalue weighted by molar-refractivity contribution is 0.0997. The van der Waals surface area contributed by atoms with E-state index in [0.29, 0.717) is 17.2 Å². The number of rotatable bonds is 5. The number of nitrogens with two attached hydrogens (primary N) is 1. The van der Waals surface area contributed by atoms with Crippen LogP contribution in [0.15, 0.2) is 47.3 Å². The van der Waals surface area contributed by atoms with Gasteiger partial charge >= 0.3 is 5.69 Å².